The molecule has 0 unspecified atom stereocenters. The summed E-state index contributed by atoms with van der Waals surface area (Å²) in [5.41, 5.74) is 1.75. The van der Waals surface area contributed by atoms with E-state index in [2.05, 4.69) is 32.9 Å². The number of ether oxygens (including phenoxy) is 1. The van der Waals surface area contributed by atoms with E-state index in [1.807, 2.05) is 24.3 Å². The Morgan fingerprint density at radius 3 is 2.52 bits per heavy atom. The van der Waals surface area contributed by atoms with Crippen molar-refractivity contribution in [2.75, 3.05) is 54.5 Å². The second kappa shape index (κ2) is 12.3. The zero-order valence-corrected chi connectivity index (χ0v) is 15.8. The van der Waals surface area contributed by atoms with Crippen LogP contribution >= 0.6 is 0 Å². The molecular weight excluding hydrogens is 318 g/mol. The van der Waals surface area contributed by atoms with Crippen LogP contribution in [0.5, 0.6) is 0 Å². The zero-order valence-electron chi connectivity index (χ0n) is 15.8. The second-order valence-corrected chi connectivity index (χ2v) is 5.78. The van der Waals surface area contributed by atoms with Gasteiger partial charge in [-0.15, -0.1) is 0 Å². The Morgan fingerprint density at radius 2 is 1.92 bits per heavy atom. The molecule has 0 heterocycles. The minimum Gasteiger partial charge on any atom is -0.385 e. The third-order valence-electron chi connectivity index (χ3n) is 3.80. The first kappa shape index (κ1) is 20.9. The van der Waals surface area contributed by atoms with Gasteiger partial charge in [-0.1, -0.05) is 12.1 Å². The number of carbonyl (C=O) groups excluding carboxylic acids is 1. The van der Waals surface area contributed by atoms with Crippen LogP contribution in [0.25, 0.3) is 0 Å². The van der Waals surface area contributed by atoms with Crippen LogP contribution in [0.4, 0.5) is 0 Å². The molecule has 0 saturated carbocycles. The third kappa shape index (κ3) is 8.51. The van der Waals surface area contributed by atoms with Gasteiger partial charge < -0.3 is 25.6 Å². The van der Waals surface area contributed by atoms with Gasteiger partial charge in [0.05, 0.1) is 0 Å². The largest absolute Gasteiger partial charge is 0.385 e. The summed E-state index contributed by atoms with van der Waals surface area (Å²) in [7, 11) is 7.21. The van der Waals surface area contributed by atoms with E-state index in [-0.39, 0.29) is 5.91 Å². The highest BCUT2D eigenvalue weighted by molar-refractivity contribution is 5.93. The summed E-state index contributed by atoms with van der Waals surface area (Å²) in [5, 5.41) is 9.19. The van der Waals surface area contributed by atoms with Crippen molar-refractivity contribution in [1.82, 2.24) is 20.9 Å². The summed E-state index contributed by atoms with van der Waals surface area (Å²) in [6.45, 7) is 4.21. The highest BCUT2D eigenvalue weighted by atomic mass is 16.5. The molecule has 0 radical (unpaired) electrons. The van der Waals surface area contributed by atoms with Crippen molar-refractivity contribution >= 4 is 11.9 Å². The molecule has 0 aromatic heterocycles. The lowest BCUT2D eigenvalue weighted by molar-refractivity contribution is 0.0963. The molecule has 0 aliphatic carbocycles. The Kier molecular flexibility index (Phi) is 10.3. The summed E-state index contributed by atoms with van der Waals surface area (Å²) < 4.78 is 5.06. The molecule has 0 bridgehead atoms. The molecule has 0 saturated heterocycles. The van der Waals surface area contributed by atoms with Crippen molar-refractivity contribution < 1.29 is 9.53 Å². The Morgan fingerprint density at radius 1 is 1.20 bits per heavy atom. The molecule has 7 nitrogen and oxygen atoms in total. The standard InChI is InChI=1S/C18H31N5O2/c1-19-17(24)16-8-6-15(7-9-16)14-22-18(20-2)21-10-12-23(3)11-5-13-25-4/h6-9H,5,10-14H2,1-4H3,(H,19,24)(H2,20,21,22). The van der Waals surface area contributed by atoms with Gasteiger partial charge in [-0.2, -0.15) is 0 Å². The highest BCUT2D eigenvalue weighted by Gasteiger charge is 2.03. The molecule has 0 aliphatic heterocycles. The fourth-order valence-electron chi connectivity index (χ4n) is 2.28. The Labute approximate surface area is 150 Å². The molecule has 1 aromatic carbocycles. The van der Waals surface area contributed by atoms with Gasteiger partial charge >= 0.3 is 0 Å². The maximum absolute atomic E-state index is 11.5. The van der Waals surface area contributed by atoms with Gasteiger partial charge in [0.1, 0.15) is 0 Å². The molecule has 7 heteroatoms. The number of amides is 1. The molecule has 0 fully saturated rings. The maximum Gasteiger partial charge on any atom is 0.251 e. The first-order valence-corrected chi connectivity index (χ1v) is 8.53. The van der Waals surface area contributed by atoms with E-state index in [9.17, 15) is 4.79 Å². The lowest BCUT2D eigenvalue weighted by atomic mass is 10.1. The predicted molar refractivity (Wildman–Crippen MR) is 102 cm³/mol. The molecule has 3 N–H and O–H groups in total. The van der Waals surface area contributed by atoms with E-state index in [0.29, 0.717) is 12.1 Å². The number of guanidine groups is 1. The average Bonchev–Trinajstić information content (AvgIpc) is 2.64. The number of likely N-dealkylation sites (N-methyl/N-ethyl adjacent to an activating group) is 1. The topological polar surface area (TPSA) is 78.0 Å². The summed E-state index contributed by atoms with van der Waals surface area (Å²) in [6.07, 6.45) is 1.03. The first-order chi connectivity index (χ1) is 12.1. The van der Waals surface area contributed by atoms with E-state index in [1.54, 1.807) is 21.2 Å². The smallest absolute Gasteiger partial charge is 0.251 e. The number of aliphatic imine (C=N–C) groups is 1. The number of rotatable bonds is 10. The number of hydrogen-bond acceptors (Lipinski definition) is 4. The van der Waals surface area contributed by atoms with Gasteiger partial charge in [-0.25, -0.2) is 0 Å². The van der Waals surface area contributed by atoms with Crippen LogP contribution in [-0.2, 0) is 11.3 Å². The SMILES string of the molecule is CN=C(NCCN(C)CCCOC)NCc1ccc(C(=O)NC)cc1. The van der Waals surface area contributed by atoms with E-state index in [4.69, 9.17) is 4.74 Å². The van der Waals surface area contributed by atoms with Gasteiger partial charge in [0.25, 0.3) is 5.91 Å². The van der Waals surface area contributed by atoms with Crippen LogP contribution in [0.2, 0.25) is 0 Å². The van der Waals surface area contributed by atoms with Crippen molar-refractivity contribution in [3.63, 3.8) is 0 Å². The predicted octanol–water partition coefficient (Wildman–Crippen LogP) is 0.680. The van der Waals surface area contributed by atoms with Crippen LogP contribution < -0.4 is 16.0 Å². The number of benzene rings is 1. The van der Waals surface area contributed by atoms with Gasteiger partial charge in [0.15, 0.2) is 5.96 Å². The molecule has 140 valence electrons. The van der Waals surface area contributed by atoms with Crippen molar-refractivity contribution in [2.45, 2.75) is 13.0 Å². The third-order valence-corrected chi connectivity index (χ3v) is 3.80. The second-order valence-electron chi connectivity index (χ2n) is 5.78. The Hall–Kier alpha value is -2.12. The number of hydrogen-bond donors (Lipinski definition) is 3. The van der Waals surface area contributed by atoms with E-state index in [1.165, 1.54) is 0 Å². The molecule has 0 spiro atoms. The van der Waals surface area contributed by atoms with Crippen LogP contribution in [0.3, 0.4) is 0 Å². The number of methoxy groups -OCH3 is 1. The molecular formula is C18H31N5O2. The van der Waals surface area contributed by atoms with Crippen molar-refractivity contribution in [1.29, 1.82) is 0 Å². The lowest BCUT2D eigenvalue weighted by Gasteiger charge is -2.18. The van der Waals surface area contributed by atoms with Gasteiger partial charge in [0.2, 0.25) is 0 Å². The van der Waals surface area contributed by atoms with Crippen molar-refractivity contribution in [3.05, 3.63) is 35.4 Å². The minimum atomic E-state index is -0.0772. The summed E-state index contributed by atoms with van der Waals surface area (Å²) in [6, 6.07) is 7.52. The van der Waals surface area contributed by atoms with Crippen LogP contribution in [0, 0.1) is 0 Å². The van der Waals surface area contributed by atoms with E-state index < -0.39 is 0 Å². The number of carbonyl (C=O) groups is 1. The molecule has 0 atom stereocenters. The summed E-state index contributed by atoms with van der Waals surface area (Å²) in [5.74, 6) is 0.687. The quantitative estimate of drug-likeness (QED) is 0.329. The highest BCUT2D eigenvalue weighted by Crippen LogP contribution is 2.04. The maximum atomic E-state index is 11.5. The monoisotopic (exact) mass is 349 g/mol. The summed E-state index contributed by atoms with van der Waals surface area (Å²) in [4.78, 5) is 18.0. The van der Waals surface area contributed by atoms with E-state index >= 15 is 0 Å². The van der Waals surface area contributed by atoms with Crippen molar-refractivity contribution in [3.8, 4) is 0 Å². The van der Waals surface area contributed by atoms with Gasteiger partial charge in [-0.3, -0.25) is 9.79 Å². The Balaban J connectivity index is 2.31. The lowest BCUT2D eigenvalue weighted by Crippen LogP contribution is -2.40. The van der Waals surface area contributed by atoms with Crippen LogP contribution in [0.1, 0.15) is 22.3 Å². The Bertz CT molecular complexity index is 531. The molecule has 0 aliphatic rings. The van der Waals surface area contributed by atoms with E-state index in [0.717, 1.165) is 44.2 Å². The summed E-state index contributed by atoms with van der Waals surface area (Å²) >= 11 is 0. The molecule has 1 aromatic rings. The van der Waals surface area contributed by atoms with Gasteiger partial charge in [-0.05, 0) is 31.2 Å². The fraction of sp³-hybridized carbons (Fsp3) is 0.556. The molecule has 1 rings (SSSR count). The zero-order chi connectivity index (χ0) is 18.5. The van der Waals surface area contributed by atoms with Crippen molar-refractivity contribution in [2.24, 2.45) is 4.99 Å². The van der Waals surface area contributed by atoms with Gasteiger partial charge in [0, 0.05) is 59.6 Å². The van der Waals surface area contributed by atoms with Crippen LogP contribution in [0.15, 0.2) is 29.3 Å². The number of nitrogens with zero attached hydrogens (tertiary/aromatic N) is 2. The molecule has 1 amide bonds. The molecule has 25 heavy (non-hydrogen) atoms. The normalized spacial score (nSPS) is 11.5. The number of nitrogens with one attached hydrogen (secondary N) is 3. The minimum absolute atomic E-state index is 0.0772. The van der Waals surface area contributed by atoms with Crippen LogP contribution in [-0.4, -0.2) is 71.3 Å². The fourth-order valence-corrected chi connectivity index (χ4v) is 2.28. The average molecular weight is 349 g/mol. The first-order valence-electron chi connectivity index (χ1n) is 8.53.